The average molecular weight is 314 g/mol. The van der Waals surface area contributed by atoms with Gasteiger partial charge in [0, 0.05) is 25.3 Å². The second-order valence-corrected chi connectivity index (χ2v) is 4.89. The third-order valence-electron chi connectivity index (χ3n) is 2.61. The minimum absolute atomic E-state index is 0.475. The van der Waals surface area contributed by atoms with Crippen molar-refractivity contribution in [3.8, 4) is 0 Å². The maximum atomic E-state index is 6.01. The molecule has 7 heteroatoms. The van der Waals surface area contributed by atoms with E-state index in [9.17, 15) is 0 Å². The van der Waals surface area contributed by atoms with Crippen LogP contribution in [0, 0.1) is 6.92 Å². The summed E-state index contributed by atoms with van der Waals surface area (Å²) < 4.78 is 4.93. The van der Waals surface area contributed by atoms with Crippen molar-refractivity contribution in [2.45, 2.75) is 19.8 Å². The number of benzene rings is 1. The fourth-order valence-electron chi connectivity index (χ4n) is 1.70. The van der Waals surface area contributed by atoms with E-state index in [1.54, 1.807) is 19.1 Å². The standard InChI is InChI=1S/C13H13Cl2N3O2/c1-8-16-13(18-20-8)6-5-12(17-19-2)9-3-4-10(14)11(15)7-9/h3-4,7H,5-6H2,1-2H3/b17-12+. The number of hydrogen-bond acceptors (Lipinski definition) is 5. The Labute approximate surface area is 126 Å². The lowest BCUT2D eigenvalue weighted by molar-refractivity contribution is 0.213. The SMILES string of the molecule is CO/N=C(\CCc1noc(C)n1)c1ccc(Cl)c(Cl)c1. The summed E-state index contributed by atoms with van der Waals surface area (Å²) in [6.45, 7) is 1.75. The Balaban J connectivity index is 2.14. The van der Waals surface area contributed by atoms with Crippen molar-refractivity contribution >= 4 is 28.9 Å². The number of hydrogen-bond donors (Lipinski definition) is 0. The van der Waals surface area contributed by atoms with Gasteiger partial charge in [0.15, 0.2) is 5.82 Å². The highest BCUT2D eigenvalue weighted by atomic mass is 35.5. The summed E-state index contributed by atoms with van der Waals surface area (Å²) in [4.78, 5) is 9.02. The van der Waals surface area contributed by atoms with Crippen LogP contribution in [-0.2, 0) is 11.3 Å². The van der Waals surface area contributed by atoms with Gasteiger partial charge >= 0.3 is 0 Å². The van der Waals surface area contributed by atoms with E-state index in [0.29, 0.717) is 34.6 Å². The largest absolute Gasteiger partial charge is 0.399 e. The van der Waals surface area contributed by atoms with Crippen LogP contribution in [0.1, 0.15) is 23.7 Å². The van der Waals surface area contributed by atoms with Crippen molar-refractivity contribution in [3.63, 3.8) is 0 Å². The molecule has 0 aliphatic carbocycles. The number of nitrogens with zero attached hydrogens (tertiary/aromatic N) is 3. The van der Waals surface area contributed by atoms with Gasteiger partial charge in [0.25, 0.3) is 0 Å². The van der Waals surface area contributed by atoms with Gasteiger partial charge in [-0.2, -0.15) is 4.98 Å². The maximum Gasteiger partial charge on any atom is 0.223 e. The Morgan fingerprint density at radius 1 is 1.35 bits per heavy atom. The lowest BCUT2D eigenvalue weighted by Crippen LogP contribution is -2.05. The highest BCUT2D eigenvalue weighted by Crippen LogP contribution is 2.23. The molecule has 0 atom stereocenters. The monoisotopic (exact) mass is 313 g/mol. The number of aromatic nitrogens is 2. The molecule has 20 heavy (non-hydrogen) atoms. The Hall–Kier alpha value is -1.59. The fraction of sp³-hybridized carbons (Fsp3) is 0.308. The van der Waals surface area contributed by atoms with Crippen molar-refractivity contribution in [1.29, 1.82) is 0 Å². The Kier molecular flexibility index (Phi) is 4.98. The quantitative estimate of drug-likeness (QED) is 0.624. The van der Waals surface area contributed by atoms with Crippen molar-refractivity contribution in [2.24, 2.45) is 5.16 Å². The van der Waals surface area contributed by atoms with Crippen LogP contribution in [0.25, 0.3) is 0 Å². The summed E-state index contributed by atoms with van der Waals surface area (Å²) in [5, 5.41) is 8.84. The zero-order valence-electron chi connectivity index (χ0n) is 11.1. The van der Waals surface area contributed by atoms with Gasteiger partial charge in [-0.3, -0.25) is 0 Å². The Bertz CT molecular complexity index is 626. The summed E-state index contributed by atoms with van der Waals surface area (Å²) in [6.07, 6.45) is 1.20. The van der Waals surface area contributed by atoms with Gasteiger partial charge in [0.1, 0.15) is 7.11 Å². The van der Waals surface area contributed by atoms with Crippen molar-refractivity contribution < 1.29 is 9.36 Å². The first kappa shape index (κ1) is 14.8. The second kappa shape index (κ2) is 6.72. The molecule has 1 aromatic heterocycles. The predicted molar refractivity (Wildman–Crippen MR) is 77.4 cm³/mol. The molecule has 0 N–H and O–H groups in total. The molecular weight excluding hydrogens is 301 g/mol. The molecule has 106 valence electrons. The van der Waals surface area contributed by atoms with Crippen molar-refractivity contribution in [1.82, 2.24) is 10.1 Å². The highest BCUT2D eigenvalue weighted by Gasteiger charge is 2.10. The topological polar surface area (TPSA) is 60.5 Å². The van der Waals surface area contributed by atoms with Crippen LogP contribution in [-0.4, -0.2) is 23.0 Å². The first-order chi connectivity index (χ1) is 9.60. The molecule has 1 heterocycles. The van der Waals surface area contributed by atoms with E-state index in [4.69, 9.17) is 32.6 Å². The molecule has 0 bridgehead atoms. The molecule has 0 radical (unpaired) electrons. The van der Waals surface area contributed by atoms with Gasteiger partial charge in [-0.05, 0) is 12.1 Å². The summed E-state index contributed by atoms with van der Waals surface area (Å²) in [5.41, 5.74) is 1.59. The Morgan fingerprint density at radius 3 is 2.75 bits per heavy atom. The number of halogens is 2. The van der Waals surface area contributed by atoms with Gasteiger partial charge in [-0.1, -0.05) is 39.6 Å². The molecule has 2 aromatic rings. The molecule has 0 aliphatic heterocycles. The number of oxime groups is 1. The van der Waals surface area contributed by atoms with E-state index < -0.39 is 0 Å². The van der Waals surface area contributed by atoms with Crippen LogP contribution < -0.4 is 0 Å². The van der Waals surface area contributed by atoms with E-state index in [-0.39, 0.29) is 0 Å². The molecule has 0 aliphatic rings. The van der Waals surface area contributed by atoms with Crippen molar-refractivity contribution in [3.05, 3.63) is 45.5 Å². The average Bonchev–Trinajstić information content (AvgIpc) is 2.84. The van der Waals surface area contributed by atoms with Gasteiger partial charge in [0.2, 0.25) is 5.89 Å². The second-order valence-electron chi connectivity index (χ2n) is 4.08. The van der Waals surface area contributed by atoms with Gasteiger partial charge in [-0.15, -0.1) is 0 Å². The zero-order valence-corrected chi connectivity index (χ0v) is 12.6. The smallest absolute Gasteiger partial charge is 0.223 e. The van der Waals surface area contributed by atoms with Gasteiger partial charge in [-0.25, -0.2) is 0 Å². The molecule has 2 rings (SSSR count). The minimum Gasteiger partial charge on any atom is -0.399 e. The third kappa shape index (κ3) is 3.71. The highest BCUT2D eigenvalue weighted by molar-refractivity contribution is 6.42. The molecule has 0 fully saturated rings. The minimum atomic E-state index is 0.475. The summed E-state index contributed by atoms with van der Waals surface area (Å²) in [6, 6.07) is 5.32. The molecule has 0 amide bonds. The van der Waals surface area contributed by atoms with E-state index >= 15 is 0 Å². The van der Waals surface area contributed by atoms with Crippen LogP contribution >= 0.6 is 23.2 Å². The van der Waals surface area contributed by atoms with Gasteiger partial charge in [0.05, 0.1) is 15.8 Å². The number of aryl methyl sites for hydroxylation is 2. The molecule has 1 aromatic carbocycles. The zero-order chi connectivity index (χ0) is 14.5. The maximum absolute atomic E-state index is 6.01. The molecular formula is C13H13Cl2N3O2. The Morgan fingerprint density at radius 2 is 2.15 bits per heavy atom. The van der Waals surface area contributed by atoms with E-state index in [0.717, 1.165) is 11.3 Å². The van der Waals surface area contributed by atoms with Crippen molar-refractivity contribution in [2.75, 3.05) is 7.11 Å². The lowest BCUT2D eigenvalue weighted by atomic mass is 10.1. The van der Waals surface area contributed by atoms with Crippen LogP contribution in [0.3, 0.4) is 0 Å². The van der Waals surface area contributed by atoms with E-state index in [2.05, 4.69) is 15.3 Å². The summed E-state index contributed by atoms with van der Waals surface area (Å²) in [7, 11) is 1.50. The van der Waals surface area contributed by atoms with E-state index in [1.165, 1.54) is 7.11 Å². The molecule has 5 nitrogen and oxygen atoms in total. The lowest BCUT2D eigenvalue weighted by Gasteiger charge is -2.06. The van der Waals surface area contributed by atoms with Crippen LogP contribution in [0.15, 0.2) is 27.9 Å². The van der Waals surface area contributed by atoms with Gasteiger partial charge < -0.3 is 9.36 Å². The molecule has 0 spiro atoms. The normalized spacial score (nSPS) is 11.7. The van der Waals surface area contributed by atoms with Crippen LogP contribution in [0.2, 0.25) is 10.0 Å². The van der Waals surface area contributed by atoms with Crippen LogP contribution in [0.4, 0.5) is 0 Å². The summed E-state index contributed by atoms with van der Waals surface area (Å²) in [5.74, 6) is 1.17. The predicted octanol–water partition coefficient (Wildman–Crippen LogP) is 3.67. The first-order valence-corrected chi connectivity index (χ1v) is 6.70. The fourth-order valence-corrected chi connectivity index (χ4v) is 2.00. The molecule has 0 saturated carbocycles. The third-order valence-corrected chi connectivity index (χ3v) is 3.35. The van der Waals surface area contributed by atoms with Crippen LogP contribution in [0.5, 0.6) is 0 Å². The number of rotatable bonds is 5. The molecule has 0 unspecified atom stereocenters. The van der Waals surface area contributed by atoms with E-state index in [1.807, 2.05) is 6.07 Å². The first-order valence-electron chi connectivity index (χ1n) is 5.95. The summed E-state index contributed by atoms with van der Waals surface area (Å²) >= 11 is 11.9. The molecule has 0 saturated heterocycles.